The van der Waals surface area contributed by atoms with Crippen LogP contribution in [0.15, 0.2) is 12.7 Å². The molecule has 0 aliphatic rings. The monoisotopic (exact) mass is 396 g/mol. The summed E-state index contributed by atoms with van der Waals surface area (Å²) in [6.45, 7) is 8.82. The highest BCUT2D eigenvalue weighted by atomic mass is 16.6. The third kappa shape index (κ3) is 16.2. The molecule has 0 aromatic rings. The van der Waals surface area contributed by atoms with Crippen molar-refractivity contribution in [3.63, 3.8) is 0 Å². The van der Waals surface area contributed by atoms with Gasteiger partial charge < -0.3 is 4.74 Å². The average molecular weight is 397 g/mol. The number of carbonyl (C=O) groups excluding carboxylic acids is 1. The molecule has 0 saturated heterocycles. The van der Waals surface area contributed by atoms with E-state index >= 15 is 0 Å². The topological polar surface area (TPSA) is 26.3 Å². The number of rotatable bonds is 20. The first kappa shape index (κ1) is 27.2. The molecule has 0 aliphatic carbocycles. The van der Waals surface area contributed by atoms with Crippen LogP contribution in [0.5, 0.6) is 0 Å². The molecule has 0 amide bonds. The molecule has 0 heterocycles. The van der Waals surface area contributed by atoms with Crippen molar-refractivity contribution in [3.05, 3.63) is 12.7 Å². The van der Waals surface area contributed by atoms with Gasteiger partial charge in [-0.25, -0.2) is 0 Å². The maximum absolute atomic E-state index is 12.0. The third-order valence-corrected chi connectivity index (χ3v) is 5.87. The molecule has 1 atom stereocenters. The van der Waals surface area contributed by atoms with Gasteiger partial charge in [0.25, 0.3) is 0 Å². The van der Waals surface area contributed by atoms with Gasteiger partial charge in [-0.3, -0.25) is 9.28 Å². The first-order chi connectivity index (χ1) is 13.4. The molecule has 166 valence electrons. The third-order valence-electron chi connectivity index (χ3n) is 5.87. The summed E-state index contributed by atoms with van der Waals surface area (Å²) in [5, 5.41) is 0. The SMILES string of the molecule is C=CC[N+](C)(C)C(C)OC(=O)CCCCCCCCCCCCCCCCC. The first-order valence-corrected chi connectivity index (χ1v) is 12.1. The lowest BCUT2D eigenvalue weighted by atomic mass is 10.0. The van der Waals surface area contributed by atoms with Crippen LogP contribution in [0.4, 0.5) is 0 Å². The number of likely N-dealkylation sites (N-methyl/N-ethyl adjacent to an activating group) is 1. The summed E-state index contributed by atoms with van der Waals surface area (Å²) >= 11 is 0. The molecule has 0 aliphatic heterocycles. The maximum Gasteiger partial charge on any atom is 0.310 e. The fraction of sp³-hybridized carbons (Fsp3) is 0.880. The van der Waals surface area contributed by atoms with Crippen LogP contribution < -0.4 is 0 Å². The van der Waals surface area contributed by atoms with Crippen LogP contribution in [0, 0.1) is 0 Å². The van der Waals surface area contributed by atoms with E-state index in [1.165, 1.54) is 83.5 Å². The maximum atomic E-state index is 12.0. The van der Waals surface area contributed by atoms with Gasteiger partial charge in [0.2, 0.25) is 6.23 Å². The fourth-order valence-corrected chi connectivity index (χ4v) is 3.51. The minimum atomic E-state index is -0.123. The van der Waals surface area contributed by atoms with Gasteiger partial charge in [-0.05, 0) is 12.5 Å². The van der Waals surface area contributed by atoms with E-state index in [1.807, 2.05) is 13.0 Å². The predicted octanol–water partition coefficient (Wildman–Crippen LogP) is 7.40. The zero-order chi connectivity index (χ0) is 21.1. The average Bonchev–Trinajstić information content (AvgIpc) is 2.64. The van der Waals surface area contributed by atoms with E-state index in [1.54, 1.807) is 0 Å². The van der Waals surface area contributed by atoms with Crippen molar-refractivity contribution in [1.82, 2.24) is 0 Å². The summed E-state index contributed by atoms with van der Waals surface area (Å²) < 4.78 is 6.21. The van der Waals surface area contributed by atoms with Crippen molar-refractivity contribution < 1.29 is 14.0 Å². The van der Waals surface area contributed by atoms with Gasteiger partial charge in [-0.15, -0.1) is 0 Å². The van der Waals surface area contributed by atoms with Gasteiger partial charge in [0.05, 0.1) is 20.6 Å². The van der Waals surface area contributed by atoms with Crippen LogP contribution in [0.3, 0.4) is 0 Å². The van der Waals surface area contributed by atoms with E-state index in [4.69, 9.17) is 4.74 Å². The van der Waals surface area contributed by atoms with E-state index in [-0.39, 0.29) is 12.2 Å². The lowest BCUT2D eigenvalue weighted by molar-refractivity contribution is -0.927. The second kappa shape index (κ2) is 18.2. The number of ether oxygens (including phenoxy) is 1. The Hall–Kier alpha value is -0.830. The largest absolute Gasteiger partial charge is 0.413 e. The molecule has 0 saturated carbocycles. The van der Waals surface area contributed by atoms with Crippen molar-refractivity contribution in [3.8, 4) is 0 Å². The summed E-state index contributed by atoms with van der Waals surface area (Å²) in [5.41, 5.74) is 0. The van der Waals surface area contributed by atoms with Gasteiger partial charge in [-0.1, -0.05) is 103 Å². The van der Waals surface area contributed by atoms with E-state index in [0.29, 0.717) is 10.9 Å². The Bertz CT molecular complexity index is 379. The van der Waals surface area contributed by atoms with Gasteiger partial charge in [0.15, 0.2) is 0 Å². The van der Waals surface area contributed by atoms with Crippen LogP contribution in [0.25, 0.3) is 0 Å². The molecule has 3 nitrogen and oxygen atoms in total. The molecule has 0 rings (SSSR count). The Kier molecular flexibility index (Phi) is 17.7. The number of nitrogens with zero attached hydrogens (tertiary/aromatic N) is 1. The van der Waals surface area contributed by atoms with E-state index in [9.17, 15) is 4.79 Å². The van der Waals surface area contributed by atoms with Crippen LogP contribution in [-0.4, -0.2) is 37.3 Å². The second-order valence-electron chi connectivity index (χ2n) is 9.04. The van der Waals surface area contributed by atoms with Crippen molar-refractivity contribution in [2.75, 3.05) is 20.6 Å². The Labute approximate surface area is 176 Å². The van der Waals surface area contributed by atoms with Gasteiger partial charge >= 0.3 is 5.97 Å². The molecule has 0 radical (unpaired) electrons. The van der Waals surface area contributed by atoms with Crippen LogP contribution in [0.2, 0.25) is 0 Å². The van der Waals surface area contributed by atoms with E-state index < -0.39 is 0 Å². The second-order valence-corrected chi connectivity index (χ2v) is 9.04. The quantitative estimate of drug-likeness (QED) is 0.0704. The molecule has 28 heavy (non-hydrogen) atoms. The lowest BCUT2D eigenvalue weighted by Gasteiger charge is -2.33. The Morgan fingerprint density at radius 1 is 0.821 bits per heavy atom. The fourth-order valence-electron chi connectivity index (χ4n) is 3.51. The highest BCUT2D eigenvalue weighted by Gasteiger charge is 2.25. The summed E-state index contributed by atoms with van der Waals surface area (Å²) in [5.74, 6) is -0.0579. The highest BCUT2D eigenvalue weighted by Crippen LogP contribution is 2.14. The zero-order valence-corrected chi connectivity index (χ0v) is 19.6. The van der Waals surface area contributed by atoms with Crippen LogP contribution >= 0.6 is 0 Å². The summed E-state index contributed by atoms with van der Waals surface area (Å²) in [6.07, 6.45) is 22.4. The molecular formula is C25H50NO2+. The van der Waals surface area contributed by atoms with Crippen molar-refractivity contribution >= 4 is 5.97 Å². The van der Waals surface area contributed by atoms with Crippen LogP contribution in [-0.2, 0) is 9.53 Å². The summed E-state index contributed by atoms with van der Waals surface area (Å²) in [6, 6.07) is 0. The Morgan fingerprint density at radius 3 is 1.61 bits per heavy atom. The van der Waals surface area contributed by atoms with Gasteiger partial charge in [0, 0.05) is 13.3 Å². The van der Waals surface area contributed by atoms with E-state index in [2.05, 4.69) is 27.6 Å². The minimum absolute atomic E-state index is 0.0579. The molecule has 0 aromatic carbocycles. The molecule has 3 heteroatoms. The molecule has 0 spiro atoms. The van der Waals surface area contributed by atoms with Gasteiger partial charge in [0.1, 0.15) is 0 Å². The number of unbranched alkanes of at least 4 members (excludes halogenated alkanes) is 14. The molecule has 1 unspecified atom stereocenters. The normalized spacial score (nSPS) is 12.7. The number of hydrogen-bond donors (Lipinski definition) is 0. The predicted molar refractivity (Wildman–Crippen MR) is 122 cm³/mol. The zero-order valence-electron chi connectivity index (χ0n) is 19.6. The Morgan fingerprint density at radius 2 is 1.21 bits per heavy atom. The molecule has 0 N–H and O–H groups in total. The van der Waals surface area contributed by atoms with Crippen molar-refractivity contribution in [2.24, 2.45) is 0 Å². The Balaban J connectivity index is 3.39. The standard InChI is InChI=1S/C25H50NO2/c1-6-8-9-10-11-12-13-14-15-16-17-18-19-20-21-22-25(27)28-24(3)26(4,5)23-7-2/h7,24H,2,6,8-23H2,1,3-5H3/q+1. The van der Waals surface area contributed by atoms with Gasteiger partial charge in [-0.2, -0.15) is 0 Å². The number of carbonyl (C=O) groups is 1. The molecule has 0 bridgehead atoms. The first-order valence-electron chi connectivity index (χ1n) is 12.1. The number of quaternary nitrogens is 1. The van der Waals surface area contributed by atoms with E-state index in [0.717, 1.165) is 19.4 Å². The van der Waals surface area contributed by atoms with Crippen LogP contribution in [0.1, 0.15) is 117 Å². The molecule has 0 fully saturated rings. The van der Waals surface area contributed by atoms with Crippen molar-refractivity contribution in [2.45, 2.75) is 123 Å². The minimum Gasteiger partial charge on any atom is -0.413 e. The molecular weight excluding hydrogens is 346 g/mol. The smallest absolute Gasteiger partial charge is 0.310 e. The summed E-state index contributed by atoms with van der Waals surface area (Å²) in [7, 11) is 4.13. The van der Waals surface area contributed by atoms with Crippen molar-refractivity contribution in [1.29, 1.82) is 0 Å². The lowest BCUT2D eigenvalue weighted by Crippen LogP contribution is -2.49. The highest BCUT2D eigenvalue weighted by molar-refractivity contribution is 5.69. The number of hydrogen-bond acceptors (Lipinski definition) is 2. The summed E-state index contributed by atoms with van der Waals surface area (Å²) in [4.78, 5) is 12.0. The molecule has 0 aromatic heterocycles. The number of esters is 1.